The minimum Gasteiger partial charge on any atom is -0.349 e. The zero-order valence-electron chi connectivity index (χ0n) is 14.9. The predicted molar refractivity (Wildman–Crippen MR) is 96.8 cm³/mol. The predicted octanol–water partition coefficient (Wildman–Crippen LogP) is 2.08. The first kappa shape index (κ1) is 19.5. The number of nitrogens with zero attached hydrogens (tertiary/aromatic N) is 1. The van der Waals surface area contributed by atoms with Gasteiger partial charge in [0.15, 0.2) is 0 Å². The summed E-state index contributed by atoms with van der Waals surface area (Å²) in [5.74, 6) is 1.25. The second-order valence-corrected chi connectivity index (χ2v) is 8.25. The van der Waals surface area contributed by atoms with E-state index >= 15 is 0 Å². The van der Waals surface area contributed by atoms with Crippen LogP contribution in [-0.2, 0) is 9.59 Å². The molecule has 0 aromatic carbocycles. The van der Waals surface area contributed by atoms with Crippen LogP contribution in [-0.4, -0.2) is 41.4 Å². The molecule has 1 heterocycles. The Morgan fingerprint density at radius 1 is 1.25 bits per heavy atom. The van der Waals surface area contributed by atoms with Gasteiger partial charge in [-0.2, -0.15) is 0 Å². The molecule has 0 aromatic heterocycles. The van der Waals surface area contributed by atoms with Gasteiger partial charge in [0.05, 0.1) is 11.5 Å². The third kappa shape index (κ3) is 4.05. The number of carbonyl (C=O) groups is 2. The van der Waals surface area contributed by atoms with Crippen molar-refractivity contribution in [1.29, 1.82) is 0 Å². The Balaban J connectivity index is 0.00000208. The van der Waals surface area contributed by atoms with Gasteiger partial charge in [-0.3, -0.25) is 9.59 Å². The Kier molecular flexibility index (Phi) is 6.19. The number of nitrogens with two attached hydrogens (primary N) is 1. The lowest BCUT2D eigenvalue weighted by Gasteiger charge is -2.34. The molecule has 3 aliphatic rings. The van der Waals surface area contributed by atoms with Crippen molar-refractivity contribution >= 4 is 24.2 Å². The molecule has 5 nitrogen and oxygen atoms in total. The van der Waals surface area contributed by atoms with E-state index in [1.165, 1.54) is 12.8 Å². The Morgan fingerprint density at radius 3 is 2.42 bits per heavy atom. The fourth-order valence-corrected chi connectivity index (χ4v) is 4.24. The van der Waals surface area contributed by atoms with Gasteiger partial charge in [-0.15, -0.1) is 12.4 Å². The summed E-state index contributed by atoms with van der Waals surface area (Å²) in [5, 5.41) is 3.16. The van der Waals surface area contributed by atoms with Crippen LogP contribution in [0.3, 0.4) is 0 Å². The maximum Gasteiger partial charge on any atom is 0.225 e. The molecule has 3 rings (SSSR count). The minimum atomic E-state index is -0.298. The molecular formula is C18H32ClN3O2. The lowest BCUT2D eigenvalue weighted by atomic mass is 9.86. The third-order valence-corrected chi connectivity index (χ3v) is 6.27. The van der Waals surface area contributed by atoms with Gasteiger partial charge in [-0.25, -0.2) is 0 Å². The Morgan fingerprint density at radius 2 is 1.88 bits per heavy atom. The van der Waals surface area contributed by atoms with Gasteiger partial charge in [0.1, 0.15) is 0 Å². The average Bonchev–Trinajstić information content (AvgIpc) is 3.32. The Bertz CT molecular complexity index is 475. The summed E-state index contributed by atoms with van der Waals surface area (Å²) in [4.78, 5) is 27.0. The molecule has 3 fully saturated rings. The van der Waals surface area contributed by atoms with Gasteiger partial charge in [0.25, 0.3) is 0 Å². The van der Waals surface area contributed by atoms with Crippen molar-refractivity contribution < 1.29 is 9.59 Å². The highest BCUT2D eigenvalue weighted by molar-refractivity contribution is 5.89. The zero-order valence-corrected chi connectivity index (χ0v) is 15.7. The summed E-state index contributed by atoms with van der Waals surface area (Å²) in [5.41, 5.74) is 5.59. The van der Waals surface area contributed by atoms with Crippen molar-refractivity contribution in [2.75, 3.05) is 13.1 Å². The number of halogens is 1. The highest BCUT2D eigenvalue weighted by Gasteiger charge is 2.44. The van der Waals surface area contributed by atoms with Gasteiger partial charge in [0.2, 0.25) is 11.8 Å². The standard InChI is InChI=1S/C18H31N3O2.ClH/c1-12-3-7-15(8-4-12)21-10-13(9-16(21)22)17(23)20-18(2,11-19)14-5-6-14;/h12-15H,3-11,19H2,1-2H3,(H,20,23);1H. The van der Waals surface area contributed by atoms with E-state index in [0.717, 1.165) is 31.6 Å². The smallest absolute Gasteiger partial charge is 0.225 e. The molecule has 2 amide bonds. The van der Waals surface area contributed by atoms with E-state index in [9.17, 15) is 9.59 Å². The monoisotopic (exact) mass is 357 g/mol. The topological polar surface area (TPSA) is 75.4 Å². The maximum absolute atomic E-state index is 12.6. The van der Waals surface area contributed by atoms with Crippen LogP contribution >= 0.6 is 12.4 Å². The summed E-state index contributed by atoms with van der Waals surface area (Å²) < 4.78 is 0. The molecule has 1 saturated heterocycles. The highest BCUT2D eigenvalue weighted by Crippen LogP contribution is 2.39. The van der Waals surface area contributed by atoms with E-state index in [4.69, 9.17) is 5.73 Å². The third-order valence-electron chi connectivity index (χ3n) is 6.27. The number of hydrogen-bond acceptors (Lipinski definition) is 3. The second-order valence-electron chi connectivity index (χ2n) is 8.25. The van der Waals surface area contributed by atoms with Gasteiger partial charge in [-0.05, 0) is 57.3 Å². The molecular weight excluding hydrogens is 326 g/mol. The number of carbonyl (C=O) groups excluding carboxylic acids is 2. The molecule has 2 saturated carbocycles. The van der Waals surface area contributed by atoms with Crippen LogP contribution in [0, 0.1) is 17.8 Å². The first-order valence-corrected chi connectivity index (χ1v) is 9.24. The molecule has 2 unspecified atom stereocenters. The van der Waals surface area contributed by atoms with E-state index in [0.29, 0.717) is 31.5 Å². The molecule has 2 atom stereocenters. The van der Waals surface area contributed by atoms with E-state index in [1.54, 1.807) is 0 Å². The van der Waals surface area contributed by atoms with Crippen LogP contribution in [0.4, 0.5) is 0 Å². The highest BCUT2D eigenvalue weighted by atomic mass is 35.5. The SMILES string of the molecule is CC1CCC(N2CC(C(=O)NC(C)(CN)C3CC3)CC2=O)CC1.Cl. The van der Waals surface area contributed by atoms with Crippen LogP contribution in [0.15, 0.2) is 0 Å². The van der Waals surface area contributed by atoms with Gasteiger partial charge < -0.3 is 16.0 Å². The number of amides is 2. The van der Waals surface area contributed by atoms with Crippen LogP contribution in [0.25, 0.3) is 0 Å². The molecule has 0 bridgehead atoms. The van der Waals surface area contributed by atoms with Crippen LogP contribution in [0.5, 0.6) is 0 Å². The van der Waals surface area contributed by atoms with Crippen molar-refractivity contribution in [2.24, 2.45) is 23.5 Å². The van der Waals surface area contributed by atoms with Crippen LogP contribution in [0.2, 0.25) is 0 Å². The van der Waals surface area contributed by atoms with Crippen molar-refractivity contribution in [3.8, 4) is 0 Å². The van der Waals surface area contributed by atoms with E-state index in [2.05, 4.69) is 12.2 Å². The Labute approximate surface area is 151 Å². The fourth-order valence-electron chi connectivity index (χ4n) is 4.24. The van der Waals surface area contributed by atoms with Crippen LogP contribution < -0.4 is 11.1 Å². The lowest BCUT2D eigenvalue weighted by molar-refractivity contribution is -0.131. The summed E-state index contributed by atoms with van der Waals surface area (Å²) in [6.45, 7) is 5.38. The molecule has 2 aliphatic carbocycles. The summed E-state index contributed by atoms with van der Waals surface area (Å²) in [6, 6.07) is 0.348. The molecule has 3 N–H and O–H groups in total. The van der Waals surface area contributed by atoms with Gasteiger partial charge >= 0.3 is 0 Å². The lowest BCUT2D eigenvalue weighted by Crippen LogP contribution is -2.55. The zero-order chi connectivity index (χ0) is 16.6. The van der Waals surface area contributed by atoms with Crippen molar-refractivity contribution in [1.82, 2.24) is 10.2 Å². The summed E-state index contributed by atoms with van der Waals surface area (Å²) in [6.07, 6.45) is 7.21. The number of rotatable bonds is 5. The molecule has 0 radical (unpaired) electrons. The summed E-state index contributed by atoms with van der Waals surface area (Å²) in [7, 11) is 0. The fraction of sp³-hybridized carbons (Fsp3) is 0.889. The number of likely N-dealkylation sites (tertiary alicyclic amines) is 1. The van der Waals surface area contributed by atoms with E-state index in [1.807, 2.05) is 11.8 Å². The summed E-state index contributed by atoms with van der Waals surface area (Å²) >= 11 is 0. The van der Waals surface area contributed by atoms with Crippen molar-refractivity contribution in [3.05, 3.63) is 0 Å². The first-order chi connectivity index (χ1) is 10.9. The molecule has 0 aromatic rings. The van der Waals surface area contributed by atoms with Gasteiger partial charge in [-0.1, -0.05) is 6.92 Å². The normalized spacial score (nSPS) is 32.9. The minimum absolute atomic E-state index is 0. The number of hydrogen-bond donors (Lipinski definition) is 2. The largest absolute Gasteiger partial charge is 0.349 e. The number of nitrogens with one attached hydrogen (secondary N) is 1. The van der Waals surface area contributed by atoms with Crippen molar-refractivity contribution in [2.45, 2.75) is 70.4 Å². The van der Waals surface area contributed by atoms with E-state index in [-0.39, 0.29) is 35.7 Å². The van der Waals surface area contributed by atoms with Crippen LogP contribution in [0.1, 0.15) is 58.8 Å². The first-order valence-electron chi connectivity index (χ1n) is 9.24. The quantitative estimate of drug-likeness (QED) is 0.791. The van der Waals surface area contributed by atoms with E-state index < -0.39 is 0 Å². The van der Waals surface area contributed by atoms with Gasteiger partial charge in [0, 0.05) is 25.6 Å². The molecule has 0 spiro atoms. The second kappa shape index (κ2) is 7.61. The molecule has 24 heavy (non-hydrogen) atoms. The molecule has 138 valence electrons. The maximum atomic E-state index is 12.6. The molecule has 6 heteroatoms. The molecule has 1 aliphatic heterocycles. The average molecular weight is 358 g/mol. The Hall–Kier alpha value is -0.810. The van der Waals surface area contributed by atoms with Crippen molar-refractivity contribution in [3.63, 3.8) is 0 Å².